The lowest BCUT2D eigenvalue weighted by Crippen LogP contribution is -2.31. The minimum Gasteiger partial charge on any atom is -0.334 e. The van der Waals surface area contributed by atoms with E-state index >= 15 is 0 Å². The quantitative estimate of drug-likeness (QED) is 0.841. The SMILES string of the molecule is Cc1ccc(NC2=NC3CCCCC3CS2)cn1. The number of aromatic nitrogens is 1. The number of nitrogens with one attached hydrogen (secondary N) is 1. The molecule has 1 aliphatic carbocycles. The first-order chi connectivity index (χ1) is 8.81. The van der Waals surface area contributed by atoms with Crippen LogP contribution in [0.2, 0.25) is 0 Å². The molecule has 2 atom stereocenters. The van der Waals surface area contributed by atoms with E-state index in [0.717, 1.165) is 22.5 Å². The Balaban J connectivity index is 1.69. The van der Waals surface area contributed by atoms with Gasteiger partial charge in [-0.3, -0.25) is 9.98 Å². The maximum absolute atomic E-state index is 4.86. The predicted octanol–water partition coefficient (Wildman–Crippen LogP) is 3.46. The molecule has 1 fully saturated rings. The topological polar surface area (TPSA) is 37.3 Å². The molecule has 2 heterocycles. The van der Waals surface area contributed by atoms with E-state index in [1.54, 1.807) is 0 Å². The molecule has 0 radical (unpaired) electrons. The third-order valence-corrected chi connectivity index (χ3v) is 4.82. The smallest absolute Gasteiger partial charge is 0.161 e. The van der Waals surface area contributed by atoms with E-state index in [1.165, 1.54) is 31.4 Å². The fourth-order valence-corrected chi connectivity index (χ4v) is 3.82. The molecule has 3 nitrogen and oxygen atoms in total. The molecule has 1 aromatic heterocycles. The third-order valence-electron chi connectivity index (χ3n) is 3.75. The average Bonchev–Trinajstić information content (AvgIpc) is 2.41. The normalized spacial score (nSPS) is 27.3. The number of fused-ring (bicyclic) bond motifs is 1. The largest absolute Gasteiger partial charge is 0.334 e. The molecule has 2 unspecified atom stereocenters. The standard InChI is InChI=1S/C14H19N3S/c1-10-6-7-12(8-15-10)16-14-17-13-5-3-2-4-11(13)9-18-14/h6-8,11,13H,2-5,9H2,1H3,(H,16,17). The monoisotopic (exact) mass is 261 g/mol. The van der Waals surface area contributed by atoms with Gasteiger partial charge >= 0.3 is 0 Å². The summed E-state index contributed by atoms with van der Waals surface area (Å²) in [6, 6.07) is 4.65. The van der Waals surface area contributed by atoms with E-state index in [9.17, 15) is 0 Å². The molecule has 0 bridgehead atoms. The van der Waals surface area contributed by atoms with Gasteiger partial charge in [0.25, 0.3) is 0 Å². The molecule has 0 spiro atoms. The maximum atomic E-state index is 4.86. The predicted molar refractivity (Wildman–Crippen MR) is 78.2 cm³/mol. The first-order valence-corrected chi connectivity index (χ1v) is 7.70. The van der Waals surface area contributed by atoms with Crippen molar-refractivity contribution in [3.8, 4) is 0 Å². The third kappa shape index (κ3) is 2.69. The summed E-state index contributed by atoms with van der Waals surface area (Å²) in [7, 11) is 0. The summed E-state index contributed by atoms with van der Waals surface area (Å²) in [4.78, 5) is 9.16. The summed E-state index contributed by atoms with van der Waals surface area (Å²) in [5, 5.41) is 4.46. The van der Waals surface area contributed by atoms with Gasteiger partial charge in [-0.15, -0.1) is 0 Å². The van der Waals surface area contributed by atoms with E-state index in [2.05, 4.69) is 16.4 Å². The van der Waals surface area contributed by atoms with Crippen molar-refractivity contribution in [3.05, 3.63) is 24.0 Å². The van der Waals surface area contributed by atoms with Crippen molar-refractivity contribution in [3.63, 3.8) is 0 Å². The van der Waals surface area contributed by atoms with Gasteiger partial charge in [0.1, 0.15) is 0 Å². The summed E-state index contributed by atoms with van der Waals surface area (Å²) >= 11 is 1.86. The molecule has 1 saturated carbocycles. The lowest BCUT2D eigenvalue weighted by Gasteiger charge is -2.32. The molecule has 2 aliphatic rings. The van der Waals surface area contributed by atoms with Gasteiger partial charge in [-0.2, -0.15) is 0 Å². The van der Waals surface area contributed by atoms with Crippen LogP contribution < -0.4 is 5.32 Å². The lowest BCUT2D eigenvalue weighted by molar-refractivity contribution is 0.336. The number of nitrogens with zero attached hydrogens (tertiary/aromatic N) is 2. The Hall–Kier alpha value is -1.03. The van der Waals surface area contributed by atoms with E-state index in [-0.39, 0.29) is 0 Å². The molecule has 0 amide bonds. The van der Waals surface area contributed by atoms with Crippen LogP contribution in [0.15, 0.2) is 23.3 Å². The van der Waals surface area contributed by atoms with Crippen molar-refractivity contribution in [2.45, 2.75) is 38.6 Å². The first kappa shape index (κ1) is 12.0. The number of aryl methyl sites for hydroxylation is 1. The van der Waals surface area contributed by atoms with Crippen LogP contribution in [-0.4, -0.2) is 21.9 Å². The Labute approximate surface area is 112 Å². The highest BCUT2D eigenvalue weighted by Gasteiger charge is 2.28. The summed E-state index contributed by atoms with van der Waals surface area (Å²) in [5.41, 5.74) is 2.09. The highest BCUT2D eigenvalue weighted by Crippen LogP contribution is 2.34. The highest BCUT2D eigenvalue weighted by atomic mass is 32.2. The van der Waals surface area contributed by atoms with Crippen LogP contribution in [0.5, 0.6) is 0 Å². The number of hydrogen-bond acceptors (Lipinski definition) is 4. The maximum Gasteiger partial charge on any atom is 0.161 e. The molecule has 3 rings (SSSR count). The van der Waals surface area contributed by atoms with Gasteiger partial charge in [0.15, 0.2) is 5.17 Å². The van der Waals surface area contributed by atoms with E-state index < -0.39 is 0 Å². The van der Waals surface area contributed by atoms with Crippen LogP contribution in [0.25, 0.3) is 0 Å². The Morgan fingerprint density at radius 1 is 1.28 bits per heavy atom. The van der Waals surface area contributed by atoms with Gasteiger partial charge in [0.05, 0.1) is 17.9 Å². The van der Waals surface area contributed by atoms with E-state index in [0.29, 0.717) is 6.04 Å². The molecule has 0 aromatic carbocycles. The number of pyridine rings is 1. The average molecular weight is 261 g/mol. The number of thioether (sulfide) groups is 1. The molecule has 1 N–H and O–H groups in total. The van der Waals surface area contributed by atoms with Gasteiger partial charge in [-0.25, -0.2) is 0 Å². The first-order valence-electron chi connectivity index (χ1n) is 6.71. The minimum absolute atomic E-state index is 0.556. The van der Waals surface area contributed by atoms with E-state index in [1.807, 2.05) is 30.9 Å². The molecule has 0 saturated heterocycles. The van der Waals surface area contributed by atoms with E-state index in [4.69, 9.17) is 4.99 Å². The van der Waals surface area contributed by atoms with Crippen molar-refractivity contribution in [1.29, 1.82) is 0 Å². The Morgan fingerprint density at radius 3 is 3.00 bits per heavy atom. The molecule has 18 heavy (non-hydrogen) atoms. The zero-order chi connectivity index (χ0) is 12.4. The van der Waals surface area contributed by atoms with Crippen molar-refractivity contribution in [2.75, 3.05) is 11.1 Å². The van der Waals surface area contributed by atoms with Crippen molar-refractivity contribution >= 4 is 22.6 Å². The van der Waals surface area contributed by atoms with Crippen LogP contribution in [0.3, 0.4) is 0 Å². The summed E-state index contributed by atoms with van der Waals surface area (Å²) in [6.07, 6.45) is 7.24. The molecule has 1 aromatic rings. The Bertz CT molecular complexity index is 441. The Morgan fingerprint density at radius 2 is 2.17 bits per heavy atom. The molecule has 1 aliphatic heterocycles. The zero-order valence-corrected chi connectivity index (χ0v) is 11.5. The van der Waals surface area contributed by atoms with Crippen LogP contribution in [0.4, 0.5) is 5.69 Å². The second kappa shape index (κ2) is 5.31. The highest BCUT2D eigenvalue weighted by molar-refractivity contribution is 8.14. The number of hydrogen-bond donors (Lipinski definition) is 1. The fraction of sp³-hybridized carbons (Fsp3) is 0.571. The number of rotatable bonds is 1. The van der Waals surface area contributed by atoms with Crippen LogP contribution in [-0.2, 0) is 0 Å². The second-order valence-electron chi connectivity index (χ2n) is 5.17. The van der Waals surface area contributed by atoms with Gasteiger partial charge in [0.2, 0.25) is 0 Å². The zero-order valence-electron chi connectivity index (χ0n) is 10.7. The number of amidine groups is 1. The van der Waals surface area contributed by atoms with Gasteiger partial charge in [-0.05, 0) is 37.8 Å². The fourth-order valence-electron chi connectivity index (χ4n) is 2.66. The number of aliphatic imine (C=N–C) groups is 1. The van der Waals surface area contributed by atoms with Crippen LogP contribution in [0, 0.1) is 12.8 Å². The summed E-state index contributed by atoms with van der Waals surface area (Å²) < 4.78 is 0. The van der Waals surface area contributed by atoms with Gasteiger partial charge in [-0.1, -0.05) is 24.6 Å². The lowest BCUT2D eigenvalue weighted by atomic mass is 9.86. The summed E-state index contributed by atoms with van der Waals surface area (Å²) in [6.45, 7) is 2.00. The van der Waals surface area contributed by atoms with Crippen LogP contribution >= 0.6 is 11.8 Å². The van der Waals surface area contributed by atoms with Crippen molar-refractivity contribution < 1.29 is 0 Å². The van der Waals surface area contributed by atoms with Gasteiger partial charge < -0.3 is 5.32 Å². The van der Waals surface area contributed by atoms with Gasteiger partial charge in [0, 0.05) is 11.4 Å². The molecular weight excluding hydrogens is 242 g/mol. The molecular formula is C14H19N3S. The molecule has 96 valence electrons. The minimum atomic E-state index is 0.556. The number of anilines is 1. The van der Waals surface area contributed by atoms with Crippen LogP contribution in [0.1, 0.15) is 31.4 Å². The molecule has 4 heteroatoms. The van der Waals surface area contributed by atoms with Crippen molar-refractivity contribution in [2.24, 2.45) is 10.9 Å². The second-order valence-corrected chi connectivity index (χ2v) is 6.18. The summed E-state index contributed by atoms with van der Waals surface area (Å²) in [5.74, 6) is 2.03. The Kier molecular flexibility index (Phi) is 3.55. The van der Waals surface area contributed by atoms with Crippen molar-refractivity contribution in [1.82, 2.24) is 4.98 Å².